The number of hydrogen-bond acceptors (Lipinski definition) is 5. The van der Waals surface area contributed by atoms with E-state index >= 15 is 0 Å². The van der Waals surface area contributed by atoms with Crippen LogP contribution in [0.5, 0.6) is 5.75 Å². The summed E-state index contributed by atoms with van der Waals surface area (Å²) in [6.07, 6.45) is 0. The lowest BCUT2D eigenvalue weighted by molar-refractivity contribution is -0.384. The molecule has 2 N–H and O–H groups in total. The zero-order chi connectivity index (χ0) is 15.9. The van der Waals surface area contributed by atoms with E-state index in [1.807, 2.05) is 0 Å². The van der Waals surface area contributed by atoms with Crippen molar-refractivity contribution in [1.29, 1.82) is 0 Å². The van der Waals surface area contributed by atoms with Crippen LogP contribution in [0.2, 0.25) is 0 Å². The number of nitro benzene ring substituents is 1. The van der Waals surface area contributed by atoms with Crippen LogP contribution in [0.25, 0.3) is 22.3 Å². The summed E-state index contributed by atoms with van der Waals surface area (Å²) in [5.74, 6) is 0.250. The van der Waals surface area contributed by atoms with Crippen LogP contribution >= 0.6 is 0 Å². The van der Waals surface area contributed by atoms with Gasteiger partial charge < -0.3 is 10.1 Å². The topological polar surface area (TPSA) is 109 Å². The smallest absolute Gasteiger partial charge is 0.270 e. The molecule has 1 aromatic heterocycles. The number of para-hydroxylation sites is 1. The fourth-order valence-corrected chi connectivity index (χ4v) is 2.22. The van der Waals surface area contributed by atoms with Gasteiger partial charge in [0.1, 0.15) is 11.6 Å². The Labute approximate surface area is 124 Å². The molecule has 7 heteroatoms. The van der Waals surface area contributed by atoms with E-state index in [1.165, 1.54) is 18.2 Å². The van der Waals surface area contributed by atoms with Crippen LogP contribution in [0.3, 0.4) is 0 Å². The first kappa shape index (κ1) is 13.7. The van der Waals surface area contributed by atoms with Gasteiger partial charge in [0.15, 0.2) is 0 Å². The number of benzene rings is 2. The Morgan fingerprint density at radius 3 is 2.77 bits per heavy atom. The molecule has 3 rings (SSSR count). The fraction of sp³-hybridized carbons (Fsp3) is 0.0667. The maximum Gasteiger partial charge on any atom is 0.270 e. The molecule has 0 radical (unpaired) electrons. The fourth-order valence-electron chi connectivity index (χ4n) is 2.22. The molecular formula is C15H11N3O4. The van der Waals surface area contributed by atoms with Crippen LogP contribution in [0, 0.1) is 17.0 Å². The lowest BCUT2D eigenvalue weighted by Gasteiger charge is -2.07. The molecule has 110 valence electrons. The first-order valence-corrected chi connectivity index (χ1v) is 6.45. The van der Waals surface area contributed by atoms with Crippen LogP contribution in [0.1, 0.15) is 5.56 Å². The number of H-pyrrole nitrogens is 1. The standard InChI is InChI=1S/C15H11N3O4/c1-8-3-2-4-10(13(8)19)14-16-12-6-5-9(18(21)22)7-11(12)15(20)17-14/h2-7,19H,1H3,(H,16,17,20). The van der Waals surface area contributed by atoms with E-state index in [9.17, 15) is 20.0 Å². The van der Waals surface area contributed by atoms with Gasteiger partial charge in [0, 0.05) is 12.1 Å². The molecule has 0 unspecified atom stereocenters. The largest absolute Gasteiger partial charge is 0.507 e. The van der Waals surface area contributed by atoms with Crippen molar-refractivity contribution >= 4 is 16.6 Å². The summed E-state index contributed by atoms with van der Waals surface area (Å²) in [5.41, 5.74) is 0.710. The first-order chi connectivity index (χ1) is 10.5. The Balaban J connectivity index is 2.26. The Morgan fingerprint density at radius 2 is 2.05 bits per heavy atom. The molecule has 0 saturated carbocycles. The quantitative estimate of drug-likeness (QED) is 0.558. The van der Waals surface area contributed by atoms with E-state index in [4.69, 9.17) is 0 Å². The van der Waals surface area contributed by atoms with Crippen molar-refractivity contribution in [3.8, 4) is 17.1 Å². The van der Waals surface area contributed by atoms with Gasteiger partial charge >= 0.3 is 0 Å². The Bertz CT molecular complexity index is 963. The number of aromatic amines is 1. The van der Waals surface area contributed by atoms with E-state index in [0.717, 1.165) is 0 Å². The third-order valence-corrected chi connectivity index (χ3v) is 3.39. The van der Waals surface area contributed by atoms with Gasteiger partial charge in [-0.05, 0) is 24.6 Å². The van der Waals surface area contributed by atoms with E-state index in [2.05, 4.69) is 9.97 Å². The number of aromatic nitrogens is 2. The minimum absolute atomic E-state index is 0.0342. The molecule has 2 aromatic carbocycles. The van der Waals surface area contributed by atoms with Crippen molar-refractivity contribution in [1.82, 2.24) is 9.97 Å². The van der Waals surface area contributed by atoms with Gasteiger partial charge in [0.2, 0.25) is 0 Å². The molecule has 0 bridgehead atoms. The number of phenolic OH excluding ortho intramolecular Hbond substituents is 1. The third kappa shape index (κ3) is 2.18. The second-order valence-corrected chi connectivity index (χ2v) is 4.84. The van der Waals surface area contributed by atoms with Gasteiger partial charge in [0.25, 0.3) is 11.2 Å². The highest BCUT2D eigenvalue weighted by atomic mass is 16.6. The van der Waals surface area contributed by atoms with Crippen LogP contribution in [0.4, 0.5) is 5.69 Å². The highest BCUT2D eigenvalue weighted by molar-refractivity contribution is 5.82. The number of nitro groups is 1. The predicted molar refractivity (Wildman–Crippen MR) is 80.9 cm³/mol. The average Bonchev–Trinajstić information content (AvgIpc) is 2.49. The van der Waals surface area contributed by atoms with Gasteiger partial charge in [-0.1, -0.05) is 12.1 Å². The molecule has 0 amide bonds. The van der Waals surface area contributed by atoms with Gasteiger partial charge in [0.05, 0.1) is 21.4 Å². The van der Waals surface area contributed by atoms with Crippen molar-refractivity contribution in [3.05, 3.63) is 62.4 Å². The summed E-state index contributed by atoms with van der Waals surface area (Å²) < 4.78 is 0. The lowest BCUT2D eigenvalue weighted by Crippen LogP contribution is -2.10. The molecule has 7 nitrogen and oxygen atoms in total. The molecule has 0 fully saturated rings. The van der Waals surface area contributed by atoms with E-state index in [0.29, 0.717) is 16.6 Å². The molecule has 0 aliphatic rings. The number of aryl methyl sites for hydroxylation is 1. The van der Waals surface area contributed by atoms with Crippen molar-refractivity contribution in [2.45, 2.75) is 6.92 Å². The molecule has 22 heavy (non-hydrogen) atoms. The highest BCUT2D eigenvalue weighted by Gasteiger charge is 2.13. The maximum atomic E-state index is 12.1. The van der Waals surface area contributed by atoms with Crippen molar-refractivity contribution in [2.75, 3.05) is 0 Å². The summed E-state index contributed by atoms with van der Waals surface area (Å²) in [7, 11) is 0. The second-order valence-electron chi connectivity index (χ2n) is 4.84. The van der Waals surface area contributed by atoms with Crippen molar-refractivity contribution < 1.29 is 10.0 Å². The van der Waals surface area contributed by atoms with Crippen LogP contribution in [0.15, 0.2) is 41.2 Å². The zero-order valence-electron chi connectivity index (χ0n) is 11.5. The maximum absolute atomic E-state index is 12.1. The van der Waals surface area contributed by atoms with Crippen LogP contribution in [-0.2, 0) is 0 Å². The summed E-state index contributed by atoms with van der Waals surface area (Å²) in [5, 5.41) is 21.0. The molecule has 0 aliphatic heterocycles. The van der Waals surface area contributed by atoms with Crippen molar-refractivity contribution in [3.63, 3.8) is 0 Å². The number of non-ortho nitro benzene ring substituents is 1. The molecule has 3 aromatic rings. The Hall–Kier alpha value is -3.22. The average molecular weight is 297 g/mol. The van der Waals surface area contributed by atoms with Gasteiger partial charge in [-0.2, -0.15) is 0 Å². The summed E-state index contributed by atoms with van der Waals surface area (Å²) in [6, 6.07) is 9.00. The highest BCUT2D eigenvalue weighted by Crippen LogP contribution is 2.29. The summed E-state index contributed by atoms with van der Waals surface area (Å²) in [6.45, 7) is 1.74. The number of phenols is 1. The minimum atomic E-state index is -0.570. The van der Waals surface area contributed by atoms with E-state index < -0.39 is 10.5 Å². The second kappa shape index (κ2) is 4.96. The normalized spacial score (nSPS) is 10.8. The van der Waals surface area contributed by atoms with Gasteiger partial charge in [-0.15, -0.1) is 0 Å². The Kier molecular flexibility index (Phi) is 3.10. The number of nitrogens with one attached hydrogen (secondary N) is 1. The summed E-state index contributed by atoms with van der Waals surface area (Å²) in [4.78, 5) is 29.2. The molecule has 1 heterocycles. The van der Waals surface area contributed by atoms with Gasteiger partial charge in [-0.25, -0.2) is 4.98 Å². The molecule has 0 spiro atoms. The molecule has 0 aliphatic carbocycles. The van der Waals surface area contributed by atoms with E-state index in [-0.39, 0.29) is 22.6 Å². The third-order valence-electron chi connectivity index (χ3n) is 3.39. The Morgan fingerprint density at radius 1 is 1.27 bits per heavy atom. The van der Waals surface area contributed by atoms with Gasteiger partial charge in [-0.3, -0.25) is 14.9 Å². The lowest BCUT2D eigenvalue weighted by atomic mass is 10.1. The number of fused-ring (bicyclic) bond motifs is 1. The predicted octanol–water partition coefficient (Wildman–Crippen LogP) is 2.51. The van der Waals surface area contributed by atoms with E-state index in [1.54, 1.807) is 25.1 Å². The molecule has 0 atom stereocenters. The zero-order valence-corrected chi connectivity index (χ0v) is 11.5. The first-order valence-electron chi connectivity index (χ1n) is 6.45. The number of hydrogen-bond donors (Lipinski definition) is 2. The van der Waals surface area contributed by atoms with Crippen molar-refractivity contribution in [2.24, 2.45) is 0 Å². The molecular weight excluding hydrogens is 286 g/mol. The van der Waals surface area contributed by atoms with Crippen LogP contribution < -0.4 is 5.56 Å². The number of rotatable bonds is 2. The van der Waals surface area contributed by atoms with Crippen LogP contribution in [-0.4, -0.2) is 20.0 Å². The number of nitrogens with zero attached hydrogens (tertiary/aromatic N) is 2. The summed E-state index contributed by atoms with van der Waals surface area (Å²) >= 11 is 0. The SMILES string of the molecule is Cc1cccc(-c2nc3ccc([N+](=O)[O-])cc3c(=O)[nH]2)c1O. The minimum Gasteiger partial charge on any atom is -0.507 e. The molecule has 0 saturated heterocycles. The number of aromatic hydroxyl groups is 1. The monoisotopic (exact) mass is 297 g/mol.